The van der Waals surface area contributed by atoms with Gasteiger partial charge >= 0.3 is 5.97 Å². The Morgan fingerprint density at radius 1 is 1.12 bits per heavy atom. The third-order valence-corrected chi connectivity index (χ3v) is 7.43. The second-order valence-corrected chi connectivity index (χ2v) is 9.42. The second-order valence-electron chi connectivity index (χ2n) is 7.78. The molecule has 170 valence electrons. The number of hydrogen-bond donors (Lipinski definition) is 0. The van der Waals surface area contributed by atoms with Crippen molar-refractivity contribution in [2.24, 2.45) is 5.92 Å². The third-order valence-electron chi connectivity index (χ3n) is 5.99. The lowest BCUT2D eigenvalue weighted by Crippen LogP contribution is -2.37. The number of hydrogen-bond acceptors (Lipinski definition) is 8. The van der Waals surface area contributed by atoms with Gasteiger partial charge in [0.2, 0.25) is 5.91 Å². The van der Waals surface area contributed by atoms with E-state index in [1.54, 1.807) is 43.3 Å². The summed E-state index contributed by atoms with van der Waals surface area (Å²) >= 11 is 7.22. The number of fused-ring (bicyclic) bond motifs is 1. The average molecular weight is 487 g/mol. The Labute approximate surface area is 198 Å². The topological polar surface area (TPSA) is 89.3 Å². The molecule has 10 heteroatoms. The number of imide groups is 1. The van der Waals surface area contributed by atoms with Gasteiger partial charge in [-0.05, 0) is 55.8 Å². The summed E-state index contributed by atoms with van der Waals surface area (Å²) < 4.78 is 10.5. The first kappa shape index (κ1) is 21.7. The van der Waals surface area contributed by atoms with Crippen molar-refractivity contribution in [3.8, 4) is 0 Å². The first-order valence-corrected chi connectivity index (χ1v) is 11.3. The van der Waals surface area contributed by atoms with Gasteiger partial charge in [0.25, 0.3) is 5.91 Å². The van der Waals surface area contributed by atoms with Crippen LogP contribution in [0.2, 0.25) is 5.02 Å². The number of anilines is 2. The van der Waals surface area contributed by atoms with Crippen molar-refractivity contribution in [1.29, 1.82) is 0 Å². The lowest BCUT2D eigenvalue weighted by Gasteiger charge is -2.27. The smallest absolute Gasteiger partial charge is 0.341 e. The predicted octanol–water partition coefficient (Wildman–Crippen LogP) is 4.45. The van der Waals surface area contributed by atoms with Crippen LogP contribution < -0.4 is 9.96 Å². The van der Waals surface area contributed by atoms with Crippen LogP contribution in [0, 0.1) is 19.8 Å². The van der Waals surface area contributed by atoms with E-state index in [-0.39, 0.29) is 10.6 Å². The van der Waals surface area contributed by atoms with Crippen molar-refractivity contribution in [2.75, 3.05) is 17.1 Å². The summed E-state index contributed by atoms with van der Waals surface area (Å²) in [4.78, 5) is 47.6. The van der Waals surface area contributed by atoms with Gasteiger partial charge in [-0.3, -0.25) is 14.4 Å². The number of rotatable bonds is 4. The molecule has 0 spiro atoms. The average Bonchev–Trinajstić information content (AvgIpc) is 3.55. The minimum absolute atomic E-state index is 0.214. The van der Waals surface area contributed by atoms with Crippen LogP contribution in [-0.4, -0.2) is 31.0 Å². The van der Waals surface area contributed by atoms with Gasteiger partial charge in [-0.15, -0.1) is 11.3 Å². The van der Waals surface area contributed by atoms with Gasteiger partial charge in [-0.1, -0.05) is 11.6 Å². The molecule has 3 atom stereocenters. The zero-order valence-corrected chi connectivity index (χ0v) is 19.5. The van der Waals surface area contributed by atoms with Gasteiger partial charge in [-0.25, -0.2) is 14.8 Å². The molecule has 0 unspecified atom stereocenters. The zero-order chi connectivity index (χ0) is 23.4. The number of halogens is 1. The molecule has 2 amide bonds. The monoisotopic (exact) mass is 486 g/mol. The molecule has 5 rings (SSSR count). The molecular formula is C23H19ClN2O6S. The number of amides is 2. The fourth-order valence-corrected chi connectivity index (χ4v) is 5.56. The number of aryl methyl sites for hydroxylation is 1. The van der Waals surface area contributed by atoms with E-state index in [0.29, 0.717) is 22.0 Å². The normalized spacial score (nSPS) is 22.2. The highest BCUT2D eigenvalue weighted by molar-refractivity contribution is 7.17. The van der Waals surface area contributed by atoms with E-state index in [2.05, 4.69) is 0 Å². The molecule has 2 aliphatic rings. The van der Waals surface area contributed by atoms with Gasteiger partial charge in [-0.2, -0.15) is 0 Å². The first-order chi connectivity index (χ1) is 15.8. The summed E-state index contributed by atoms with van der Waals surface area (Å²) in [6.07, 6.45) is 0.430. The summed E-state index contributed by atoms with van der Waals surface area (Å²) in [5.41, 5.74) is 1.51. The van der Waals surface area contributed by atoms with Crippen molar-refractivity contribution < 1.29 is 28.4 Å². The maximum Gasteiger partial charge on any atom is 0.341 e. The van der Waals surface area contributed by atoms with Crippen LogP contribution in [0.3, 0.4) is 0 Å². The van der Waals surface area contributed by atoms with Crippen molar-refractivity contribution in [3.63, 3.8) is 0 Å². The highest BCUT2D eigenvalue weighted by atomic mass is 35.5. The number of hydroxylamine groups is 1. The summed E-state index contributed by atoms with van der Waals surface area (Å²) in [6.45, 7) is 3.59. The van der Waals surface area contributed by atoms with Crippen molar-refractivity contribution in [3.05, 3.63) is 69.4 Å². The molecule has 8 nitrogen and oxygen atoms in total. The van der Waals surface area contributed by atoms with Crippen LogP contribution in [0.15, 0.2) is 47.1 Å². The van der Waals surface area contributed by atoms with E-state index in [9.17, 15) is 14.4 Å². The number of methoxy groups -OCH3 is 1. The molecule has 3 aromatic rings. The maximum atomic E-state index is 13.7. The van der Waals surface area contributed by atoms with Crippen molar-refractivity contribution in [2.45, 2.75) is 26.0 Å². The van der Waals surface area contributed by atoms with Crippen LogP contribution in [-0.2, 0) is 19.2 Å². The van der Waals surface area contributed by atoms with Crippen LogP contribution in [0.1, 0.15) is 32.6 Å². The van der Waals surface area contributed by atoms with Crippen LogP contribution in [0.25, 0.3) is 0 Å². The largest absolute Gasteiger partial charge is 0.467 e. The van der Waals surface area contributed by atoms with E-state index in [4.69, 9.17) is 25.6 Å². The van der Waals surface area contributed by atoms with E-state index in [0.717, 1.165) is 9.78 Å². The maximum absolute atomic E-state index is 13.7. The Morgan fingerprint density at radius 3 is 2.48 bits per heavy atom. The number of benzene rings is 1. The molecular weight excluding hydrogens is 468 g/mol. The fraction of sp³-hybridized carbons (Fsp3) is 0.261. The molecule has 2 aliphatic heterocycles. The number of furan rings is 1. The third kappa shape index (κ3) is 3.26. The summed E-state index contributed by atoms with van der Waals surface area (Å²) in [6, 6.07) is 9.65. The number of ether oxygens (including phenoxy) is 1. The number of esters is 1. The number of carbonyl (C=O) groups excluding carboxylic acids is 3. The summed E-state index contributed by atoms with van der Waals surface area (Å²) in [5, 5.41) is 2.31. The van der Waals surface area contributed by atoms with Crippen LogP contribution >= 0.6 is 22.9 Å². The second kappa shape index (κ2) is 8.02. The van der Waals surface area contributed by atoms with Crippen molar-refractivity contribution >= 4 is 51.4 Å². The van der Waals surface area contributed by atoms with E-state index < -0.39 is 35.8 Å². The fourth-order valence-electron chi connectivity index (χ4n) is 4.28. The Balaban J connectivity index is 1.59. The molecule has 33 heavy (non-hydrogen) atoms. The van der Waals surface area contributed by atoms with Crippen LogP contribution in [0.4, 0.5) is 10.7 Å². The van der Waals surface area contributed by atoms with E-state index >= 15 is 0 Å². The molecule has 0 radical (unpaired) electrons. The highest BCUT2D eigenvalue weighted by Gasteiger charge is 2.61. The number of carbonyl (C=O) groups is 3. The molecule has 0 N–H and O–H groups in total. The molecule has 0 bridgehead atoms. The molecule has 4 heterocycles. The molecule has 0 aliphatic carbocycles. The molecule has 1 aromatic carbocycles. The predicted molar refractivity (Wildman–Crippen MR) is 121 cm³/mol. The van der Waals surface area contributed by atoms with Crippen LogP contribution in [0.5, 0.6) is 0 Å². The standard InChI is InChI=1S/C23H19ClN2O6S/c1-11-12(2)33-22(16(11)23(29)30-3)25-20(27)17-18(15-5-4-10-31-15)26(32-19(17)21(25)28)14-8-6-13(24)7-9-14/h4-10,17-19H,1-3H3/t17-,18-,19+/m1/s1. The minimum Gasteiger partial charge on any atom is -0.467 e. The van der Waals surface area contributed by atoms with Gasteiger partial charge in [0, 0.05) is 9.90 Å². The quantitative estimate of drug-likeness (QED) is 0.397. The van der Waals surface area contributed by atoms with Gasteiger partial charge in [0.05, 0.1) is 24.6 Å². The Morgan fingerprint density at radius 2 is 1.85 bits per heavy atom. The van der Waals surface area contributed by atoms with Gasteiger partial charge in [0.1, 0.15) is 22.7 Å². The molecule has 2 fully saturated rings. The Bertz CT molecular complexity index is 1250. The van der Waals surface area contributed by atoms with Gasteiger partial charge < -0.3 is 9.15 Å². The van der Waals surface area contributed by atoms with Gasteiger partial charge in [0.15, 0.2) is 6.10 Å². The zero-order valence-electron chi connectivity index (χ0n) is 17.9. The minimum atomic E-state index is -1.07. The number of thiophene rings is 1. The SMILES string of the molecule is COC(=O)c1c(N2C(=O)[C@H]3[C@H](ON(c4ccc(Cl)cc4)[C@@H]3c3ccco3)C2=O)sc(C)c1C. The van der Waals surface area contributed by atoms with E-state index in [1.165, 1.54) is 29.8 Å². The Kier molecular flexibility index (Phi) is 5.27. The molecule has 2 aromatic heterocycles. The lowest BCUT2D eigenvalue weighted by molar-refractivity contribution is -0.126. The Hall–Kier alpha value is -3.14. The first-order valence-electron chi connectivity index (χ1n) is 10.1. The summed E-state index contributed by atoms with van der Waals surface area (Å²) in [5.74, 6) is -1.99. The molecule has 2 saturated heterocycles. The van der Waals surface area contributed by atoms with Crippen molar-refractivity contribution in [1.82, 2.24) is 0 Å². The highest BCUT2D eigenvalue weighted by Crippen LogP contribution is 2.49. The molecule has 0 saturated carbocycles. The summed E-state index contributed by atoms with van der Waals surface area (Å²) in [7, 11) is 1.26. The van der Waals surface area contributed by atoms with E-state index in [1.807, 2.05) is 6.92 Å². The number of nitrogens with zero attached hydrogens (tertiary/aromatic N) is 2. The lowest BCUT2D eigenvalue weighted by atomic mass is 9.94.